The van der Waals surface area contributed by atoms with Crippen molar-refractivity contribution in [2.45, 2.75) is 25.8 Å². The molecule has 1 fully saturated rings. The number of furan rings is 1. The van der Waals surface area contributed by atoms with Gasteiger partial charge in [0.05, 0.1) is 12.2 Å². The largest absolute Gasteiger partial charge is 0.451 e. The molecule has 1 atom stereocenters. The Morgan fingerprint density at radius 3 is 2.97 bits per heavy atom. The van der Waals surface area contributed by atoms with Crippen molar-refractivity contribution in [1.29, 1.82) is 0 Å². The van der Waals surface area contributed by atoms with E-state index in [1.165, 1.54) is 0 Å². The third-order valence-corrected chi connectivity index (χ3v) is 5.64. The van der Waals surface area contributed by atoms with Crippen LogP contribution in [0.25, 0.3) is 22.0 Å². The van der Waals surface area contributed by atoms with Gasteiger partial charge in [-0.15, -0.1) is 0 Å². The first-order valence-corrected chi connectivity index (χ1v) is 10.0. The zero-order chi connectivity index (χ0) is 19.8. The van der Waals surface area contributed by atoms with E-state index in [1.807, 2.05) is 41.9 Å². The number of rotatable bonds is 5. The second-order valence-electron chi connectivity index (χ2n) is 7.48. The average molecular weight is 389 g/mol. The van der Waals surface area contributed by atoms with Crippen molar-refractivity contribution in [1.82, 2.24) is 25.4 Å². The minimum Gasteiger partial charge on any atom is -0.451 e. The van der Waals surface area contributed by atoms with E-state index in [2.05, 4.69) is 21.7 Å². The van der Waals surface area contributed by atoms with Gasteiger partial charge in [0.15, 0.2) is 11.4 Å². The zero-order valence-corrected chi connectivity index (χ0v) is 16.3. The number of pyridine rings is 1. The number of amides is 1. The summed E-state index contributed by atoms with van der Waals surface area (Å²) in [5.74, 6) is 0.575. The van der Waals surface area contributed by atoms with Crippen LogP contribution >= 0.6 is 0 Å². The molecule has 7 nitrogen and oxygen atoms in total. The molecule has 0 spiro atoms. The topological polar surface area (TPSA) is 85.0 Å². The van der Waals surface area contributed by atoms with Gasteiger partial charge in [0.25, 0.3) is 5.91 Å². The Hall–Kier alpha value is -3.19. The van der Waals surface area contributed by atoms with Crippen LogP contribution in [-0.4, -0.2) is 40.3 Å². The van der Waals surface area contributed by atoms with Crippen LogP contribution in [0.1, 0.15) is 34.2 Å². The molecule has 3 aromatic heterocycles. The fraction of sp³-hybridized carbons (Fsp3) is 0.318. The normalized spacial score (nSPS) is 16.7. The van der Waals surface area contributed by atoms with E-state index in [-0.39, 0.29) is 5.91 Å². The predicted octanol–water partition coefficient (Wildman–Crippen LogP) is 2.99. The summed E-state index contributed by atoms with van der Waals surface area (Å²) in [5.41, 5.74) is 3.55. The SMILES string of the molecule is Cc1c(C(=O)NCCn2nc([C@@H]3CCNC3)c3cccnc32)oc2ccccc12. The molecule has 0 unspecified atom stereocenters. The summed E-state index contributed by atoms with van der Waals surface area (Å²) < 4.78 is 7.65. The second-order valence-corrected chi connectivity index (χ2v) is 7.48. The molecule has 1 aromatic carbocycles. The van der Waals surface area contributed by atoms with E-state index in [9.17, 15) is 4.79 Å². The van der Waals surface area contributed by atoms with Crippen molar-refractivity contribution < 1.29 is 9.21 Å². The van der Waals surface area contributed by atoms with Crippen molar-refractivity contribution in [3.05, 3.63) is 59.6 Å². The maximum Gasteiger partial charge on any atom is 0.287 e. The van der Waals surface area contributed by atoms with Crippen LogP contribution in [0, 0.1) is 6.92 Å². The van der Waals surface area contributed by atoms with Crippen molar-refractivity contribution >= 4 is 27.9 Å². The van der Waals surface area contributed by atoms with Crippen LogP contribution in [0.5, 0.6) is 0 Å². The number of nitrogens with zero attached hydrogens (tertiary/aromatic N) is 3. The fourth-order valence-electron chi connectivity index (χ4n) is 4.13. The summed E-state index contributed by atoms with van der Waals surface area (Å²) in [5, 5.41) is 13.3. The Labute approximate surface area is 168 Å². The van der Waals surface area contributed by atoms with Crippen molar-refractivity contribution in [3.63, 3.8) is 0 Å². The quantitative estimate of drug-likeness (QED) is 0.548. The lowest BCUT2D eigenvalue weighted by atomic mass is 10.0. The van der Waals surface area contributed by atoms with Crippen LogP contribution in [0.15, 0.2) is 47.0 Å². The lowest BCUT2D eigenvalue weighted by Crippen LogP contribution is -2.27. The van der Waals surface area contributed by atoms with Gasteiger partial charge < -0.3 is 15.1 Å². The summed E-state index contributed by atoms with van der Waals surface area (Å²) in [6, 6.07) is 11.7. The molecule has 0 bridgehead atoms. The number of fused-ring (bicyclic) bond motifs is 2. The first-order chi connectivity index (χ1) is 14.2. The van der Waals surface area contributed by atoms with Gasteiger partial charge in [0.1, 0.15) is 5.58 Å². The highest BCUT2D eigenvalue weighted by atomic mass is 16.3. The maximum absolute atomic E-state index is 12.6. The molecule has 4 heterocycles. The van der Waals surface area contributed by atoms with Crippen molar-refractivity contribution in [2.24, 2.45) is 0 Å². The van der Waals surface area contributed by atoms with Crippen LogP contribution in [0.4, 0.5) is 0 Å². The molecule has 1 amide bonds. The van der Waals surface area contributed by atoms with Crippen molar-refractivity contribution in [3.8, 4) is 0 Å². The molecule has 1 aliphatic rings. The van der Waals surface area contributed by atoms with E-state index in [0.717, 1.165) is 52.8 Å². The van der Waals surface area contributed by atoms with Gasteiger partial charge in [0.2, 0.25) is 0 Å². The summed E-state index contributed by atoms with van der Waals surface area (Å²) in [6.45, 7) is 4.88. The molecule has 4 aromatic rings. The number of hydrogen-bond donors (Lipinski definition) is 2. The number of nitrogens with one attached hydrogen (secondary N) is 2. The molecule has 2 N–H and O–H groups in total. The van der Waals surface area contributed by atoms with Gasteiger partial charge in [-0.3, -0.25) is 4.79 Å². The molecule has 29 heavy (non-hydrogen) atoms. The summed E-state index contributed by atoms with van der Waals surface area (Å²) in [4.78, 5) is 17.2. The van der Waals surface area contributed by atoms with Crippen LogP contribution in [-0.2, 0) is 6.54 Å². The first-order valence-electron chi connectivity index (χ1n) is 10.0. The molecule has 0 aliphatic carbocycles. The average Bonchev–Trinajstić information content (AvgIpc) is 3.47. The van der Waals surface area contributed by atoms with Gasteiger partial charge >= 0.3 is 0 Å². The van der Waals surface area contributed by atoms with Crippen LogP contribution in [0.3, 0.4) is 0 Å². The number of carbonyl (C=O) groups is 1. The Balaban J connectivity index is 1.33. The number of aromatic nitrogens is 3. The molecule has 148 valence electrons. The van der Waals surface area contributed by atoms with E-state index in [1.54, 1.807) is 6.20 Å². The number of hydrogen-bond acceptors (Lipinski definition) is 5. The first kappa shape index (κ1) is 17.9. The second kappa shape index (κ2) is 7.33. The third-order valence-electron chi connectivity index (χ3n) is 5.64. The monoisotopic (exact) mass is 389 g/mol. The third kappa shape index (κ3) is 3.17. The number of benzene rings is 1. The van der Waals surface area contributed by atoms with Crippen LogP contribution in [0.2, 0.25) is 0 Å². The smallest absolute Gasteiger partial charge is 0.287 e. The minimum atomic E-state index is -0.205. The molecule has 0 saturated carbocycles. The highest BCUT2D eigenvalue weighted by molar-refractivity contribution is 5.98. The summed E-state index contributed by atoms with van der Waals surface area (Å²) in [6.07, 6.45) is 2.87. The highest BCUT2D eigenvalue weighted by Gasteiger charge is 2.23. The molecular weight excluding hydrogens is 366 g/mol. The summed E-state index contributed by atoms with van der Waals surface area (Å²) in [7, 11) is 0. The molecular formula is C22H23N5O2. The van der Waals surface area contributed by atoms with Gasteiger partial charge in [0, 0.05) is 41.5 Å². The molecule has 5 rings (SSSR count). The zero-order valence-electron chi connectivity index (χ0n) is 16.3. The van der Waals surface area contributed by atoms with Gasteiger partial charge in [-0.05, 0) is 38.1 Å². The predicted molar refractivity (Wildman–Crippen MR) is 111 cm³/mol. The molecule has 1 saturated heterocycles. The highest BCUT2D eigenvalue weighted by Crippen LogP contribution is 2.28. The van der Waals surface area contributed by atoms with Gasteiger partial charge in [-0.1, -0.05) is 18.2 Å². The Morgan fingerprint density at radius 1 is 1.28 bits per heavy atom. The van der Waals surface area contributed by atoms with Crippen molar-refractivity contribution in [2.75, 3.05) is 19.6 Å². The number of aryl methyl sites for hydroxylation is 1. The van der Waals surface area contributed by atoms with E-state index < -0.39 is 0 Å². The van der Waals surface area contributed by atoms with E-state index >= 15 is 0 Å². The molecule has 7 heteroatoms. The van der Waals surface area contributed by atoms with Crippen LogP contribution < -0.4 is 10.6 Å². The maximum atomic E-state index is 12.6. The molecule has 0 radical (unpaired) electrons. The lowest BCUT2D eigenvalue weighted by molar-refractivity contribution is 0.0925. The Bertz CT molecular complexity index is 1190. The number of para-hydroxylation sites is 1. The summed E-state index contributed by atoms with van der Waals surface area (Å²) >= 11 is 0. The van der Waals surface area contributed by atoms with Gasteiger partial charge in [-0.2, -0.15) is 5.10 Å². The lowest BCUT2D eigenvalue weighted by Gasteiger charge is -2.06. The minimum absolute atomic E-state index is 0.205. The standard InChI is InChI=1S/C22H23N5O2/c1-14-16-5-2-3-7-18(16)29-20(14)22(28)25-11-12-27-21-17(6-4-9-24-21)19(26-27)15-8-10-23-13-15/h2-7,9,15,23H,8,10-13H2,1H3,(H,25,28)/t15-/m1/s1. The van der Waals surface area contributed by atoms with E-state index in [4.69, 9.17) is 9.52 Å². The van der Waals surface area contributed by atoms with E-state index in [0.29, 0.717) is 24.8 Å². The fourth-order valence-corrected chi connectivity index (χ4v) is 4.13. The number of carbonyl (C=O) groups excluding carboxylic acids is 1. The van der Waals surface area contributed by atoms with Gasteiger partial charge in [-0.25, -0.2) is 9.67 Å². The molecule has 1 aliphatic heterocycles. The Kier molecular flexibility index (Phi) is 4.52. The Morgan fingerprint density at radius 2 is 2.14 bits per heavy atom.